The summed E-state index contributed by atoms with van der Waals surface area (Å²) in [7, 11) is 0. The largest absolute Gasteiger partial charge is 0.367 e. The van der Waals surface area contributed by atoms with Gasteiger partial charge in [-0.3, -0.25) is 0 Å². The van der Waals surface area contributed by atoms with E-state index in [-0.39, 0.29) is 12.2 Å². The summed E-state index contributed by atoms with van der Waals surface area (Å²) >= 11 is 1.66. The number of aryl methyl sites for hydroxylation is 1. The highest BCUT2D eigenvalue weighted by molar-refractivity contribution is 7.07. The maximum atomic E-state index is 9.50. The lowest BCUT2D eigenvalue weighted by atomic mass is 10.1. The van der Waals surface area contributed by atoms with Crippen molar-refractivity contribution in [3.05, 3.63) is 39.2 Å². The van der Waals surface area contributed by atoms with Crippen molar-refractivity contribution >= 4 is 17.2 Å². The van der Waals surface area contributed by atoms with Crippen LogP contribution in [-0.2, 0) is 4.74 Å². The first-order valence-electron chi connectivity index (χ1n) is 7.26. The summed E-state index contributed by atoms with van der Waals surface area (Å²) in [6, 6.07) is 4.37. The highest BCUT2D eigenvalue weighted by Gasteiger charge is 2.29. The quantitative estimate of drug-likeness (QED) is 0.852. The van der Waals surface area contributed by atoms with E-state index in [1.165, 1.54) is 5.56 Å². The van der Waals surface area contributed by atoms with Crippen molar-refractivity contribution < 1.29 is 4.74 Å². The Hall–Kier alpha value is -1.97. The Bertz CT molecular complexity index is 708. The first-order chi connectivity index (χ1) is 10.6. The Morgan fingerprint density at radius 1 is 1.36 bits per heavy atom. The van der Waals surface area contributed by atoms with E-state index >= 15 is 0 Å². The van der Waals surface area contributed by atoms with Gasteiger partial charge in [-0.15, -0.1) is 5.10 Å². The second kappa shape index (κ2) is 6.03. The first-order valence-corrected chi connectivity index (χ1v) is 8.21. The maximum Gasteiger partial charge on any atom is 0.169 e. The molecule has 5 nitrogen and oxygen atoms in total. The maximum absolute atomic E-state index is 9.50. The summed E-state index contributed by atoms with van der Waals surface area (Å²) in [5.74, 6) is 0.668. The molecule has 6 heteroatoms. The molecule has 0 aromatic carbocycles. The molecule has 2 aromatic heterocycles. The molecule has 0 saturated carbocycles. The van der Waals surface area contributed by atoms with Gasteiger partial charge in [0.05, 0.1) is 18.3 Å². The van der Waals surface area contributed by atoms with Crippen LogP contribution in [0.15, 0.2) is 16.8 Å². The molecule has 2 atom stereocenters. The lowest BCUT2D eigenvalue weighted by Crippen LogP contribution is -2.43. The predicted molar refractivity (Wildman–Crippen MR) is 86.0 cm³/mol. The molecular formula is C16H18N4OS. The Morgan fingerprint density at radius 2 is 2.18 bits per heavy atom. The fourth-order valence-electron chi connectivity index (χ4n) is 2.72. The Kier molecular flexibility index (Phi) is 4.10. The number of nitriles is 1. The second-order valence-corrected chi connectivity index (χ2v) is 6.40. The van der Waals surface area contributed by atoms with Gasteiger partial charge < -0.3 is 9.64 Å². The fourth-order valence-corrected chi connectivity index (χ4v) is 3.42. The highest BCUT2D eigenvalue weighted by Crippen LogP contribution is 2.31. The number of nitrogens with zero attached hydrogens (tertiary/aromatic N) is 4. The van der Waals surface area contributed by atoms with Crippen molar-refractivity contribution in [3.63, 3.8) is 0 Å². The molecule has 2 aromatic rings. The summed E-state index contributed by atoms with van der Waals surface area (Å²) < 4.78 is 6.04. The van der Waals surface area contributed by atoms with Crippen molar-refractivity contribution in [2.24, 2.45) is 0 Å². The second-order valence-electron chi connectivity index (χ2n) is 5.62. The standard InChI is InChI=1S/C16H18N4OS/c1-10-7-20(8-15(21-10)13-4-5-22-9-13)16-14(6-17)11(2)12(3)18-19-16/h4-5,9-10,15H,7-8H2,1-3H3/t10-,15-/m0/s1. The average molecular weight is 314 g/mol. The Labute approximate surface area is 134 Å². The predicted octanol–water partition coefficient (Wildman–Crippen LogP) is 2.99. The van der Waals surface area contributed by atoms with E-state index in [4.69, 9.17) is 4.74 Å². The van der Waals surface area contributed by atoms with Crippen LogP contribution >= 0.6 is 11.3 Å². The molecular weight excluding hydrogens is 296 g/mol. The summed E-state index contributed by atoms with van der Waals surface area (Å²) in [5, 5.41) is 22.1. The van der Waals surface area contributed by atoms with Gasteiger partial charge in [0.1, 0.15) is 17.7 Å². The summed E-state index contributed by atoms with van der Waals surface area (Å²) in [4.78, 5) is 2.12. The Balaban J connectivity index is 1.95. The van der Waals surface area contributed by atoms with Gasteiger partial charge in [0.15, 0.2) is 5.82 Å². The van der Waals surface area contributed by atoms with Crippen molar-refractivity contribution in [2.45, 2.75) is 33.0 Å². The number of rotatable bonds is 2. The molecule has 114 valence electrons. The molecule has 0 unspecified atom stereocenters. The number of aromatic nitrogens is 2. The van der Waals surface area contributed by atoms with Crippen LogP contribution in [0.25, 0.3) is 0 Å². The third kappa shape index (κ3) is 2.70. The van der Waals surface area contributed by atoms with Gasteiger partial charge in [0, 0.05) is 6.54 Å². The van der Waals surface area contributed by atoms with Crippen LogP contribution in [0.4, 0.5) is 5.82 Å². The van der Waals surface area contributed by atoms with Crippen LogP contribution in [0.1, 0.15) is 35.4 Å². The van der Waals surface area contributed by atoms with E-state index < -0.39 is 0 Å². The van der Waals surface area contributed by atoms with Crippen molar-refractivity contribution in [1.82, 2.24) is 10.2 Å². The molecule has 3 rings (SSSR count). The zero-order valence-electron chi connectivity index (χ0n) is 12.9. The van der Waals surface area contributed by atoms with E-state index in [0.717, 1.165) is 11.3 Å². The summed E-state index contributed by atoms with van der Waals surface area (Å²) in [6.07, 6.45) is 0.0820. The molecule has 0 spiro atoms. The minimum absolute atomic E-state index is 0.00459. The number of hydrogen-bond donors (Lipinski definition) is 0. The van der Waals surface area contributed by atoms with E-state index in [2.05, 4.69) is 38.0 Å². The molecule has 0 aliphatic carbocycles. The van der Waals surface area contributed by atoms with Gasteiger partial charge in [0.2, 0.25) is 0 Å². The zero-order valence-corrected chi connectivity index (χ0v) is 13.7. The smallest absolute Gasteiger partial charge is 0.169 e. The highest BCUT2D eigenvalue weighted by atomic mass is 32.1. The van der Waals surface area contributed by atoms with Crippen LogP contribution in [-0.4, -0.2) is 29.4 Å². The van der Waals surface area contributed by atoms with Crippen LogP contribution in [0.2, 0.25) is 0 Å². The van der Waals surface area contributed by atoms with Crippen molar-refractivity contribution in [2.75, 3.05) is 18.0 Å². The van der Waals surface area contributed by atoms with Gasteiger partial charge in [-0.05, 0) is 48.7 Å². The molecule has 0 bridgehead atoms. The molecule has 0 radical (unpaired) electrons. The summed E-state index contributed by atoms with van der Waals surface area (Å²) in [6.45, 7) is 7.25. The van der Waals surface area contributed by atoms with Crippen molar-refractivity contribution in [1.29, 1.82) is 5.26 Å². The number of ether oxygens (including phenoxy) is 1. The fraction of sp³-hybridized carbons (Fsp3) is 0.438. The third-order valence-corrected chi connectivity index (χ3v) is 4.72. The van der Waals surface area contributed by atoms with Crippen LogP contribution < -0.4 is 4.90 Å². The lowest BCUT2D eigenvalue weighted by Gasteiger charge is -2.37. The van der Waals surface area contributed by atoms with Gasteiger partial charge in [-0.1, -0.05) is 0 Å². The molecule has 1 aliphatic heterocycles. The molecule has 0 N–H and O–H groups in total. The molecule has 1 aliphatic rings. The lowest BCUT2D eigenvalue weighted by molar-refractivity contribution is -0.0174. The van der Waals surface area contributed by atoms with Gasteiger partial charge in [-0.25, -0.2) is 0 Å². The number of morpholine rings is 1. The van der Waals surface area contributed by atoms with Crippen LogP contribution in [0.3, 0.4) is 0 Å². The normalized spacial score (nSPS) is 21.6. The van der Waals surface area contributed by atoms with E-state index in [0.29, 0.717) is 24.5 Å². The minimum Gasteiger partial charge on any atom is -0.367 e. The van der Waals surface area contributed by atoms with Crippen molar-refractivity contribution in [3.8, 4) is 6.07 Å². The monoisotopic (exact) mass is 314 g/mol. The SMILES string of the molecule is Cc1nnc(N2C[C@@H](c3ccsc3)O[C@@H](C)C2)c(C#N)c1C. The minimum atomic E-state index is 0.00459. The number of thiophene rings is 1. The van der Waals surface area contributed by atoms with Crippen LogP contribution in [0, 0.1) is 25.2 Å². The van der Waals surface area contributed by atoms with Gasteiger partial charge in [0.25, 0.3) is 0 Å². The topological polar surface area (TPSA) is 62.0 Å². The van der Waals surface area contributed by atoms with E-state index in [9.17, 15) is 5.26 Å². The molecule has 22 heavy (non-hydrogen) atoms. The number of hydrogen-bond acceptors (Lipinski definition) is 6. The van der Waals surface area contributed by atoms with Gasteiger partial charge in [-0.2, -0.15) is 21.7 Å². The molecule has 1 fully saturated rings. The molecule has 1 saturated heterocycles. The zero-order chi connectivity index (χ0) is 15.7. The first kappa shape index (κ1) is 14.9. The van der Waals surface area contributed by atoms with Gasteiger partial charge >= 0.3 is 0 Å². The van der Waals surface area contributed by atoms with Crippen LogP contribution in [0.5, 0.6) is 0 Å². The van der Waals surface area contributed by atoms with E-state index in [1.807, 2.05) is 20.8 Å². The number of anilines is 1. The Morgan fingerprint density at radius 3 is 2.86 bits per heavy atom. The average Bonchev–Trinajstić information content (AvgIpc) is 3.03. The third-order valence-electron chi connectivity index (χ3n) is 4.02. The molecule has 0 amide bonds. The molecule has 3 heterocycles. The summed E-state index contributed by atoms with van der Waals surface area (Å²) in [5.41, 5.74) is 3.50. The van der Waals surface area contributed by atoms with E-state index in [1.54, 1.807) is 11.3 Å².